The van der Waals surface area contributed by atoms with E-state index in [4.69, 9.17) is 16.3 Å². The van der Waals surface area contributed by atoms with Crippen LogP contribution in [0.4, 0.5) is 0 Å². The minimum atomic E-state index is 0.0147. The number of halogens is 1. The molecule has 22 heavy (non-hydrogen) atoms. The molecule has 116 valence electrons. The van der Waals surface area contributed by atoms with Crippen LogP contribution in [0, 0.1) is 13.8 Å². The molecule has 0 aromatic heterocycles. The van der Waals surface area contributed by atoms with E-state index in [1.54, 1.807) is 24.1 Å². The van der Waals surface area contributed by atoms with Crippen LogP contribution in [0.3, 0.4) is 0 Å². The predicted octanol–water partition coefficient (Wildman–Crippen LogP) is 4.11. The SMILES string of the molecule is Cc1ccc(C)c(C(=O)N(C)CCOc2ccc(Cl)cc2)c1. The van der Waals surface area contributed by atoms with Crippen molar-refractivity contribution in [2.45, 2.75) is 13.8 Å². The average molecular weight is 318 g/mol. The fraction of sp³-hybridized carbons (Fsp3) is 0.278. The molecule has 0 saturated heterocycles. The van der Waals surface area contributed by atoms with E-state index in [0.717, 1.165) is 22.4 Å². The van der Waals surface area contributed by atoms with E-state index in [-0.39, 0.29) is 5.91 Å². The number of hydrogen-bond acceptors (Lipinski definition) is 2. The van der Waals surface area contributed by atoms with Gasteiger partial charge in [0.2, 0.25) is 0 Å². The first-order valence-electron chi connectivity index (χ1n) is 7.18. The standard InChI is InChI=1S/C18H20ClNO2/c1-13-4-5-14(2)17(12-13)18(21)20(3)10-11-22-16-8-6-15(19)7-9-16/h4-9,12H,10-11H2,1-3H3. The van der Waals surface area contributed by atoms with Gasteiger partial charge in [0.05, 0.1) is 6.54 Å². The van der Waals surface area contributed by atoms with E-state index in [1.165, 1.54) is 0 Å². The molecule has 0 spiro atoms. The van der Waals surface area contributed by atoms with Crippen molar-refractivity contribution in [1.29, 1.82) is 0 Å². The number of benzene rings is 2. The predicted molar refractivity (Wildman–Crippen MR) is 89.8 cm³/mol. The summed E-state index contributed by atoms with van der Waals surface area (Å²) in [6.45, 7) is 4.90. The second kappa shape index (κ2) is 7.32. The van der Waals surface area contributed by atoms with Crippen LogP contribution in [-0.2, 0) is 0 Å². The normalized spacial score (nSPS) is 10.4. The van der Waals surface area contributed by atoms with Gasteiger partial charge in [-0.15, -0.1) is 0 Å². The Morgan fingerprint density at radius 3 is 2.50 bits per heavy atom. The first-order chi connectivity index (χ1) is 10.5. The number of amides is 1. The first kappa shape index (κ1) is 16.4. The van der Waals surface area contributed by atoms with Gasteiger partial charge in [-0.25, -0.2) is 0 Å². The van der Waals surface area contributed by atoms with Gasteiger partial charge in [-0.2, -0.15) is 0 Å². The van der Waals surface area contributed by atoms with E-state index in [2.05, 4.69) is 0 Å². The number of ether oxygens (including phenoxy) is 1. The summed E-state index contributed by atoms with van der Waals surface area (Å²) < 4.78 is 5.62. The van der Waals surface area contributed by atoms with E-state index in [1.807, 2.05) is 44.2 Å². The molecule has 2 aromatic rings. The fourth-order valence-corrected chi connectivity index (χ4v) is 2.23. The van der Waals surface area contributed by atoms with Gasteiger partial charge >= 0.3 is 0 Å². The van der Waals surface area contributed by atoms with E-state index >= 15 is 0 Å². The summed E-state index contributed by atoms with van der Waals surface area (Å²) in [5.74, 6) is 0.762. The molecule has 0 N–H and O–H groups in total. The third-order valence-electron chi connectivity index (χ3n) is 3.48. The molecule has 0 aliphatic heterocycles. The molecular formula is C18H20ClNO2. The lowest BCUT2D eigenvalue weighted by molar-refractivity contribution is 0.0773. The van der Waals surface area contributed by atoms with Crippen LogP contribution in [0.15, 0.2) is 42.5 Å². The molecule has 0 atom stereocenters. The Morgan fingerprint density at radius 2 is 1.82 bits per heavy atom. The number of rotatable bonds is 5. The summed E-state index contributed by atoms with van der Waals surface area (Å²) in [6.07, 6.45) is 0. The Balaban J connectivity index is 1.91. The maximum atomic E-state index is 12.5. The average Bonchev–Trinajstić information content (AvgIpc) is 2.51. The molecule has 0 aliphatic carbocycles. The van der Waals surface area contributed by atoms with E-state index in [0.29, 0.717) is 18.2 Å². The van der Waals surface area contributed by atoms with Gasteiger partial charge < -0.3 is 9.64 Å². The minimum Gasteiger partial charge on any atom is -0.492 e. The highest BCUT2D eigenvalue weighted by molar-refractivity contribution is 6.30. The second-order valence-electron chi connectivity index (χ2n) is 5.35. The molecule has 0 aliphatic rings. The molecule has 1 amide bonds. The Labute approximate surface area is 136 Å². The smallest absolute Gasteiger partial charge is 0.253 e. The van der Waals surface area contributed by atoms with Crippen molar-refractivity contribution in [2.75, 3.05) is 20.2 Å². The lowest BCUT2D eigenvalue weighted by Crippen LogP contribution is -2.31. The van der Waals surface area contributed by atoms with Crippen molar-refractivity contribution in [3.8, 4) is 5.75 Å². The Bertz CT molecular complexity index is 653. The zero-order valence-electron chi connectivity index (χ0n) is 13.1. The lowest BCUT2D eigenvalue weighted by Gasteiger charge is -2.19. The fourth-order valence-electron chi connectivity index (χ4n) is 2.10. The molecule has 0 fully saturated rings. The maximum Gasteiger partial charge on any atom is 0.253 e. The number of aryl methyl sites for hydroxylation is 2. The van der Waals surface area contributed by atoms with Crippen molar-refractivity contribution >= 4 is 17.5 Å². The quantitative estimate of drug-likeness (QED) is 0.830. The topological polar surface area (TPSA) is 29.5 Å². The summed E-state index contributed by atoms with van der Waals surface area (Å²) in [6, 6.07) is 13.1. The summed E-state index contributed by atoms with van der Waals surface area (Å²) in [5.41, 5.74) is 2.81. The van der Waals surface area contributed by atoms with Crippen molar-refractivity contribution in [3.63, 3.8) is 0 Å². The summed E-state index contributed by atoms with van der Waals surface area (Å²) in [4.78, 5) is 14.1. The molecule has 3 nitrogen and oxygen atoms in total. The van der Waals surface area contributed by atoms with Gasteiger partial charge in [0.25, 0.3) is 5.91 Å². The van der Waals surface area contributed by atoms with Crippen LogP contribution in [0.1, 0.15) is 21.5 Å². The van der Waals surface area contributed by atoms with Crippen molar-refractivity contribution < 1.29 is 9.53 Å². The first-order valence-corrected chi connectivity index (χ1v) is 7.56. The van der Waals surface area contributed by atoms with Crippen LogP contribution in [0.5, 0.6) is 5.75 Å². The van der Waals surface area contributed by atoms with Crippen molar-refractivity contribution in [1.82, 2.24) is 4.90 Å². The molecular weight excluding hydrogens is 298 g/mol. The zero-order chi connectivity index (χ0) is 16.1. The lowest BCUT2D eigenvalue weighted by atomic mass is 10.0. The molecule has 0 saturated carbocycles. The molecule has 4 heteroatoms. The largest absolute Gasteiger partial charge is 0.492 e. The highest BCUT2D eigenvalue weighted by Crippen LogP contribution is 2.16. The summed E-state index contributed by atoms with van der Waals surface area (Å²) >= 11 is 5.82. The van der Waals surface area contributed by atoms with Crippen LogP contribution in [0.2, 0.25) is 5.02 Å². The molecule has 0 bridgehead atoms. The van der Waals surface area contributed by atoms with Gasteiger partial charge in [-0.05, 0) is 49.7 Å². The molecule has 0 unspecified atom stereocenters. The Morgan fingerprint density at radius 1 is 1.14 bits per heavy atom. The van der Waals surface area contributed by atoms with Gasteiger partial charge in [0.15, 0.2) is 0 Å². The maximum absolute atomic E-state index is 12.5. The van der Waals surface area contributed by atoms with E-state index < -0.39 is 0 Å². The van der Waals surface area contributed by atoms with Crippen LogP contribution in [-0.4, -0.2) is 31.0 Å². The van der Waals surface area contributed by atoms with Crippen LogP contribution < -0.4 is 4.74 Å². The van der Waals surface area contributed by atoms with Crippen LogP contribution >= 0.6 is 11.6 Å². The highest BCUT2D eigenvalue weighted by atomic mass is 35.5. The third-order valence-corrected chi connectivity index (χ3v) is 3.73. The van der Waals surface area contributed by atoms with Gasteiger partial charge in [0.1, 0.15) is 12.4 Å². The molecule has 2 aromatic carbocycles. The molecule has 0 radical (unpaired) electrons. The third kappa shape index (κ3) is 4.25. The number of carbonyl (C=O) groups is 1. The second-order valence-corrected chi connectivity index (χ2v) is 5.78. The van der Waals surface area contributed by atoms with Gasteiger partial charge in [0, 0.05) is 17.6 Å². The number of carbonyl (C=O) groups excluding carboxylic acids is 1. The van der Waals surface area contributed by atoms with Crippen molar-refractivity contribution in [3.05, 3.63) is 64.2 Å². The number of hydrogen-bond donors (Lipinski definition) is 0. The molecule has 2 rings (SSSR count). The minimum absolute atomic E-state index is 0.0147. The number of likely N-dealkylation sites (N-methyl/N-ethyl adjacent to an activating group) is 1. The Kier molecular flexibility index (Phi) is 5.45. The monoisotopic (exact) mass is 317 g/mol. The van der Waals surface area contributed by atoms with Crippen LogP contribution in [0.25, 0.3) is 0 Å². The van der Waals surface area contributed by atoms with Gasteiger partial charge in [-0.1, -0.05) is 29.3 Å². The van der Waals surface area contributed by atoms with Crippen molar-refractivity contribution in [2.24, 2.45) is 0 Å². The summed E-state index contributed by atoms with van der Waals surface area (Å²) in [5, 5.41) is 0.676. The molecule has 0 heterocycles. The zero-order valence-corrected chi connectivity index (χ0v) is 13.9. The Hall–Kier alpha value is -2.00. The van der Waals surface area contributed by atoms with E-state index in [9.17, 15) is 4.79 Å². The number of nitrogens with zero attached hydrogens (tertiary/aromatic N) is 1. The highest BCUT2D eigenvalue weighted by Gasteiger charge is 2.14. The summed E-state index contributed by atoms with van der Waals surface area (Å²) in [7, 11) is 1.79. The van der Waals surface area contributed by atoms with Gasteiger partial charge in [-0.3, -0.25) is 4.79 Å².